The van der Waals surface area contributed by atoms with Crippen molar-refractivity contribution < 1.29 is 51.3 Å². The van der Waals surface area contributed by atoms with E-state index in [1.165, 1.54) is 41.7 Å². The van der Waals surface area contributed by atoms with Gasteiger partial charge in [0.05, 0.1) is 50.5 Å². The van der Waals surface area contributed by atoms with Gasteiger partial charge in [-0.1, -0.05) is 18.2 Å². The van der Waals surface area contributed by atoms with E-state index in [0.717, 1.165) is 24.7 Å². The fourth-order valence-electron chi connectivity index (χ4n) is 5.35. The van der Waals surface area contributed by atoms with Gasteiger partial charge in [0.2, 0.25) is 10.0 Å². The number of halogens is 1. The lowest BCUT2D eigenvalue weighted by Crippen LogP contribution is -2.34. The number of carboxylic acid groups (broad SMARTS) is 1. The van der Waals surface area contributed by atoms with E-state index in [1.54, 1.807) is 24.3 Å². The lowest BCUT2D eigenvalue weighted by Gasteiger charge is -2.25. The highest BCUT2D eigenvalue weighted by Gasteiger charge is 2.33. The summed E-state index contributed by atoms with van der Waals surface area (Å²) in [6, 6.07) is 15.4. The molecule has 0 spiro atoms. The minimum atomic E-state index is -3.77. The average molecular weight is 695 g/mol. The van der Waals surface area contributed by atoms with Gasteiger partial charge >= 0.3 is 5.97 Å². The standard InChI is InChI=1S/C35H35FN2O10S/c1-37-34(41)32-27-17-26(22-6-7-22)28(18-31(27)48-33(32)23-8-10-25(36)11-9-23)38(49(2,44)45)12-13-46-14-15-47-20-21-4-3-5-24(16-21)29(39)19-30(40)35(42)43/h3-5,8-11,16-19,22,39H,6-7,12-15,20H2,1-2H3,(H,37,41)(H,42,43)/b29-19-. The Balaban J connectivity index is 1.27. The summed E-state index contributed by atoms with van der Waals surface area (Å²) in [4.78, 5) is 35.1. The lowest BCUT2D eigenvalue weighted by molar-refractivity contribution is -0.146. The number of ketones is 1. The number of anilines is 1. The Hall–Kier alpha value is -5.05. The zero-order valence-electron chi connectivity index (χ0n) is 26.8. The molecule has 1 aromatic heterocycles. The van der Waals surface area contributed by atoms with Gasteiger partial charge in [0.15, 0.2) is 0 Å². The molecule has 1 aliphatic rings. The fraction of sp³-hybridized carbons (Fsp3) is 0.286. The fourth-order valence-corrected chi connectivity index (χ4v) is 6.27. The highest BCUT2D eigenvalue weighted by molar-refractivity contribution is 7.92. The molecule has 12 nitrogen and oxygen atoms in total. The molecule has 1 heterocycles. The maximum Gasteiger partial charge on any atom is 0.376 e. The van der Waals surface area contributed by atoms with E-state index >= 15 is 0 Å². The van der Waals surface area contributed by atoms with Crippen LogP contribution < -0.4 is 9.62 Å². The second-order valence-electron chi connectivity index (χ2n) is 11.5. The van der Waals surface area contributed by atoms with Crippen LogP contribution >= 0.6 is 0 Å². The van der Waals surface area contributed by atoms with E-state index in [9.17, 15) is 32.3 Å². The third-order valence-electron chi connectivity index (χ3n) is 7.86. The maximum absolute atomic E-state index is 13.7. The number of carbonyl (C=O) groups excluding carboxylic acids is 2. The summed E-state index contributed by atoms with van der Waals surface area (Å²) in [5, 5.41) is 21.9. The van der Waals surface area contributed by atoms with Crippen molar-refractivity contribution in [3.63, 3.8) is 0 Å². The molecule has 1 saturated carbocycles. The smallest absolute Gasteiger partial charge is 0.376 e. The zero-order valence-corrected chi connectivity index (χ0v) is 27.6. The number of carboxylic acids is 1. The van der Waals surface area contributed by atoms with E-state index in [0.29, 0.717) is 33.9 Å². The number of nitrogens with one attached hydrogen (secondary N) is 1. The molecular weight excluding hydrogens is 659 g/mol. The van der Waals surface area contributed by atoms with Crippen LogP contribution in [0.1, 0.15) is 45.8 Å². The van der Waals surface area contributed by atoms with Crippen molar-refractivity contribution in [3.05, 3.63) is 94.8 Å². The average Bonchev–Trinajstić information content (AvgIpc) is 3.85. The molecule has 3 aromatic carbocycles. The quantitative estimate of drug-likeness (QED) is 0.0625. The van der Waals surface area contributed by atoms with Crippen LogP contribution in [0.5, 0.6) is 0 Å². The molecule has 0 aliphatic heterocycles. The first-order valence-electron chi connectivity index (χ1n) is 15.4. The van der Waals surface area contributed by atoms with Crippen LogP contribution in [0, 0.1) is 5.82 Å². The molecule has 49 heavy (non-hydrogen) atoms. The normalized spacial score (nSPS) is 13.4. The Morgan fingerprint density at radius 3 is 2.39 bits per heavy atom. The van der Waals surface area contributed by atoms with Crippen molar-refractivity contribution in [2.75, 3.05) is 44.0 Å². The molecule has 1 aliphatic carbocycles. The van der Waals surface area contributed by atoms with Crippen LogP contribution in [0.4, 0.5) is 10.1 Å². The molecule has 0 saturated heterocycles. The molecule has 258 valence electrons. The second-order valence-corrected chi connectivity index (χ2v) is 13.4. The Labute approximate surface area is 281 Å². The zero-order chi connectivity index (χ0) is 35.3. The van der Waals surface area contributed by atoms with E-state index in [2.05, 4.69) is 5.32 Å². The summed E-state index contributed by atoms with van der Waals surface area (Å²) in [5.74, 6) is -3.89. The van der Waals surface area contributed by atoms with Gasteiger partial charge in [0.1, 0.15) is 22.9 Å². The maximum atomic E-state index is 13.7. The Kier molecular flexibility index (Phi) is 10.8. The van der Waals surface area contributed by atoms with Crippen LogP contribution in [0.25, 0.3) is 28.1 Å². The predicted molar refractivity (Wildman–Crippen MR) is 179 cm³/mol. The number of aliphatic hydroxyl groups is 1. The molecule has 1 fully saturated rings. The van der Waals surface area contributed by atoms with Gasteiger partial charge in [0.25, 0.3) is 11.7 Å². The molecule has 0 bridgehead atoms. The van der Waals surface area contributed by atoms with Crippen molar-refractivity contribution in [1.82, 2.24) is 5.32 Å². The number of fused-ring (bicyclic) bond motifs is 1. The second kappa shape index (κ2) is 15.0. The van der Waals surface area contributed by atoms with Gasteiger partial charge in [-0.25, -0.2) is 17.6 Å². The van der Waals surface area contributed by atoms with Gasteiger partial charge in [-0.3, -0.25) is 13.9 Å². The minimum absolute atomic E-state index is 0.000606. The number of aliphatic carboxylic acids is 1. The largest absolute Gasteiger partial charge is 0.507 e. The van der Waals surface area contributed by atoms with Crippen LogP contribution in [0.2, 0.25) is 0 Å². The number of rotatable bonds is 16. The number of nitrogens with zero attached hydrogens (tertiary/aromatic N) is 1. The molecule has 0 radical (unpaired) electrons. The number of furan rings is 1. The number of sulfonamides is 1. The van der Waals surface area contributed by atoms with Gasteiger partial charge in [-0.15, -0.1) is 0 Å². The van der Waals surface area contributed by atoms with Gasteiger partial charge < -0.3 is 29.4 Å². The van der Waals surface area contributed by atoms with Crippen LogP contribution in [0.15, 0.2) is 71.2 Å². The van der Waals surface area contributed by atoms with Crippen LogP contribution in [-0.4, -0.2) is 76.0 Å². The molecule has 1 amide bonds. The van der Waals surface area contributed by atoms with E-state index in [-0.39, 0.29) is 55.8 Å². The van der Waals surface area contributed by atoms with E-state index < -0.39 is 39.3 Å². The molecule has 5 rings (SSSR count). The number of ether oxygens (including phenoxy) is 2. The van der Waals surface area contributed by atoms with Crippen molar-refractivity contribution in [2.24, 2.45) is 0 Å². The Bertz CT molecular complexity index is 2020. The number of hydrogen-bond donors (Lipinski definition) is 3. The summed E-state index contributed by atoms with van der Waals surface area (Å²) in [6.07, 6.45) is 3.46. The Morgan fingerprint density at radius 1 is 1.02 bits per heavy atom. The predicted octanol–water partition coefficient (Wildman–Crippen LogP) is 5.03. The summed E-state index contributed by atoms with van der Waals surface area (Å²) in [7, 11) is -2.27. The number of amides is 1. The molecule has 4 aromatic rings. The van der Waals surface area contributed by atoms with Crippen LogP contribution in [0.3, 0.4) is 0 Å². The van der Waals surface area contributed by atoms with Gasteiger partial charge in [0, 0.05) is 35.7 Å². The number of carbonyl (C=O) groups is 3. The summed E-state index contributed by atoms with van der Waals surface area (Å²) in [5.41, 5.74) is 3.20. The topological polar surface area (TPSA) is 173 Å². The first kappa shape index (κ1) is 35.3. The molecule has 0 atom stereocenters. The summed E-state index contributed by atoms with van der Waals surface area (Å²) < 4.78 is 58.6. The first-order chi connectivity index (χ1) is 23.4. The Morgan fingerprint density at radius 2 is 1.73 bits per heavy atom. The van der Waals surface area contributed by atoms with Gasteiger partial charge in [-0.05, 0) is 66.3 Å². The third kappa shape index (κ3) is 8.52. The SMILES string of the molecule is CNC(=O)c1c(-c2ccc(F)cc2)oc2cc(N(CCOCCOCc3cccc(/C(O)=C/C(=O)C(=O)O)c3)S(C)(=O)=O)c(C3CC3)cc12. The monoisotopic (exact) mass is 694 g/mol. The number of hydrogen-bond acceptors (Lipinski definition) is 9. The lowest BCUT2D eigenvalue weighted by atomic mass is 10.0. The number of aliphatic hydroxyl groups excluding tert-OH is 1. The van der Waals surface area contributed by atoms with Crippen molar-refractivity contribution in [3.8, 4) is 11.3 Å². The first-order valence-corrected chi connectivity index (χ1v) is 17.2. The van der Waals surface area contributed by atoms with Gasteiger partial charge in [-0.2, -0.15) is 0 Å². The molecule has 3 N–H and O–H groups in total. The van der Waals surface area contributed by atoms with Crippen molar-refractivity contribution in [1.29, 1.82) is 0 Å². The van der Waals surface area contributed by atoms with Crippen molar-refractivity contribution in [2.45, 2.75) is 25.4 Å². The highest BCUT2D eigenvalue weighted by atomic mass is 32.2. The molecular formula is C35H35FN2O10S. The highest BCUT2D eigenvalue weighted by Crippen LogP contribution is 2.48. The van der Waals surface area contributed by atoms with Crippen molar-refractivity contribution >= 4 is 50.1 Å². The molecule has 14 heteroatoms. The molecule has 0 unspecified atom stereocenters. The van der Waals surface area contributed by atoms with E-state index in [4.69, 9.17) is 19.0 Å². The van der Waals surface area contributed by atoms with E-state index in [1.807, 2.05) is 6.07 Å². The summed E-state index contributed by atoms with van der Waals surface area (Å²) in [6.45, 7) is 0.507. The minimum Gasteiger partial charge on any atom is -0.507 e. The van der Waals surface area contributed by atoms with Crippen LogP contribution in [-0.2, 0) is 35.7 Å². The third-order valence-corrected chi connectivity index (χ3v) is 9.04. The number of benzene rings is 3. The summed E-state index contributed by atoms with van der Waals surface area (Å²) >= 11 is 0.